The van der Waals surface area contributed by atoms with Gasteiger partial charge in [0.15, 0.2) is 5.69 Å². The average Bonchev–Trinajstić information content (AvgIpc) is 3.01. The summed E-state index contributed by atoms with van der Waals surface area (Å²) in [5.74, 6) is 0. The maximum absolute atomic E-state index is 12.2. The van der Waals surface area contributed by atoms with E-state index in [2.05, 4.69) is 10.4 Å². The average molecular weight is 336 g/mol. The fraction of sp³-hybridized carbons (Fsp3) is 0.667. The van der Waals surface area contributed by atoms with Crippen LogP contribution in [0.1, 0.15) is 17.8 Å². The number of amides is 2. The first-order chi connectivity index (χ1) is 11.7. The fourth-order valence-electron chi connectivity index (χ4n) is 2.72. The Balaban J connectivity index is 1.72. The summed E-state index contributed by atoms with van der Waals surface area (Å²) in [5, 5.41) is 33.8. The van der Waals surface area contributed by atoms with Crippen LogP contribution in [-0.2, 0) is 13.1 Å². The molecule has 0 radical (unpaired) electrons. The Morgan fingerprint density at radius 3 is 2.75 bits per heavy atom. The number of carbonyl (C=O) groups excluding carboxylic acids is 1. The minimum atomic E-state index is -0.128. The van der Waals surface area contributed by atoms with E-state index >= 15 is 0 Å². The van der Waals surface area contributed by atoms with E-state index in [-0.39, 0.29) is 19.2 Å². The third-order valence-electron chi connectivity index (χ3n) is 3.96. The molecule has 9 heteroatoms. The Morgan fingerprint density at radius 2 is 2.08 bits per heavy atom. The first-order valence-corrected chi connectivity index (χ1v) is 8.11. The third kappa shape index (κ3) is 4.92. The Kier molecular flexibility index (Phi) is 6.99. The van der Waals surface area contributed by atoms with Gasteiger partial charge >= 0.3 is 6.03 Å². The van der Waals surface area contributed by atoms with Gasteiger partial charge in [-0.05, 0) is 19.0 Å². The quantitative estimate of drug-likeness (QED) is 0.522. The summed E-state index contributed by atoms with van der Waals surface area (Å²) in [6, 6.07) is 3.59. The summed E-state index contributed by atoms with van der Waals surface area (Å²) < 4.78 is 1.77. The minimum Gasteiger partial charge on any atom is -0.395 e. The number of hydrogen-bond donors (Lipinski definition) is 3. The summed E-state index contributed by atoms with van der Waals surface area (Å²) in [5.41, 5.74) is 1.24. The van der Waals surface area contributed by atoms with E-state index in [1.54, 1.807) is 15.6 Å². The molecular formula is C15H24N6O3. The molecular weight excluding hydrogens is 312 g/mol. The summed E-state index contributed by atoms with van der Waals surface area (Å²) >= 11 is 0. The van der Waals surface area contributed by atoms with Gasteiger partial charge in [0.1, 0.15) is 6.07 Å². The molecule has 0 atom stereocenters. The molecule has 1 aliphatic rings. The number of nitrogens with zero attached hydrogens (tertiary/aromatic N) is 5. The fourth-order valence-corrected chi connectivity index (χ4v) is 2.72. The van der Waals surface area contributed by atoms with Gasteiger partial charge in [0, 0.05) is 26.2 Å². The first-order valence-electron chi connectivity index (χ1n) is 8.11. The van der Waals surface area contributed by atoms with Gasteiger partial charge in [0.25, 0.3) is 0 Å². The summed E-state index contributed by atoms with van der Waals surface area (Å²) in [6.07, 6.45) is 0.746. The lowest BCUT2D eigenvalue weighted by Crippen LogP contribution is -2.45. The van der Waals surface area contributed by atoms with Crippen molar-refractivity contribution in [3.63, 3.8) is 0 Å². The van der Waals surface area contributed by atoms with Crippen molar-refractivity contribution in [2.45, 2.75) is 19.5 Å². The molecule has 0 fully saturated rings. The topological polar surface area (TPSA) is 118 Å². The van der Waals surface area contributed by atoms with Crippen LogP contribution in [0.3, 0.4) is 0 Å². The van der Waals surface area contributed by atoms with Crippen molar-refractivity contribution in [2.75, 3.05) is 45.9 Å². The van der Waals surface area contributed by atoms with Gasteiger partial charge < -0.3 is 20.4 Å². The highest BCUT2D eigenvalue weighted by atomic mass is 16.3. The third-order valence-corrected chi connectivity index (χ3v) is 3.96. The van der Waals surface area contributed by atoms with Crippen molar-refractivity contribution in [3.8, 4) is 6.07 Å². The lowest BCUT2D eigenvalue weighted by Gasteiger charge is -2.28. The SMILES string of the molecule is N#Cc1cc2n(n1)CCN(C(=O)NCCCN(CCO)CCO)C2. The van der Waals surface area contributed by atoms with Gasteiger partial charge in [-0.1, -0.05) is 0 Å². The number of aliphatic hydroxyl groups is 2. The van der Waals surface area contributed by atoms with Crippen LogP contribution < -0.4 is 5.32 Å². The predicted octanol–water partition coefficient (Wildman–Crippen LogP) is -1.04. The van der Waals surface area contributed by atoms with E-state index in [0.29, 0.717) is 51.5 Å². The first kappa shape index (κ1) is 18.2. The molecule has 2 amide bonds. The summed E-state index contributed by atoms with van der Waals surface area (Å²) in [6.45, 7) is 3.99. The van der Waals surface area contributed by atoms with Crippen molar-refractivity contribution in [1.82, 2.24) is 24.9 Å². The normalized spacial score (nSPS) is 13.7. The molecule has 0 aliphatic carbocycles. The van der Waals surface area contributed by atoms with Crippen molar-refractivity contribution in [3.05, 3.63) is 17.5 Å². The molecule has 9 nitrogen and oxygen atoms in total. The van der Waals surface area contributed by atoms with Crippen molar-refractivity contribution >= 4 is 6.03 Å². The van der Waals surface area contributed by atoms with Crippen LogP contribution in [0.4, 0.5) is 4.79 Å². The van der Waals surface area contributed by atoms with Crippen LogP contribution >= 0.6 is 0 Å². The van der Waals surface area contributed by atoms with Gasteiger partial charge in [-0.15, -0.1) is 0 Å². The Hall–Kier alpha value is -2.15. The maximum Gasteiger partial charge on any atom is 0.317 e. The highest BCUT2D eigenvalue weighted by Crippen LogP contribution is 2.13. The highest BCUT2D eigenvalue weighted by molar-refractivity contribution is 5.74. The lowest BCUT2D eigenvalue weighted by atomic mass is 10.3. The van der Waals surface area contributed by atoms with Crippen LogP contribution in [0, 0.1) is 11.3 Å². The van der Waals surface area contributed by atoms with E-state index in [0.717, 1.165) is 12.1 Å². The van der Waals surface area contributed by atoms with Crippen LogP contribution in [0.2, 0.25) is 0 Å². The van der Waals surface area contributed by atoms with Gasteiger partial charge in [-0.2, -0.15) is 10.4 Å². The molecule has 0 saturated heterocycles. The van der Waals surface area contributed by atoms with E-state index in [4.69, 9.17) is 15.5 Å². The molecule has 0 bridgehead atoms. The van der Waals surface area contributed by atoms with Crippen LogP contribution in [0.5, 0.6) is 0 Å². The number of rotatable bonds is 8. The molecule has 3 N–H and O–H groups in total. The zero-order valence-corrected chi connectivity index (χ0v) is 13.7. The largest absolute Gasteiger partial charge is 0.395 e. The van der Waals surface area contributed by atoms with E-state index in [1.165, 1.54) is 0 Å². The summed E-state index contributed by atoms with van der Waals surface area (Å²) in [7, 11) is 0. The molecule has 0 unspecified atom stereocenters. The highest BCUT2D eigenvalue weighted by Gasteiger charge is 2.22. The van der Waals surface area contributed by atoms with E-state index < -0.39 is 0 Å². The lowest BCUT2D eigenvalue weighted by molar-refractivity contribution is 0.158. The van der Waals surface area contributed by atoms with E-state index in [9.17, 15) is 4.79 Å². The molecule has 1 aromatic rings. The second-order valence-corrected chi connectivity index (χ2v) is 5.65. The standard InChI is InChI=1S/C15H24N6O3/c16-11-13-10-14-12-20(4-5-21(14)18-13)15(24)17-2-1-3-19(6-8-22)7-9-23/h10,22-23H,1-9,12H2,(H,17,24). The molecule has 132 valence electrons. The number of carbonyl (C=O) groups is 1. The molecule has 0 spiro atoms. The monoisotopic (exact) mass is 336 g/mol. The Bertz CT molecular complexity index is 576. The molecule has 2 heterocycles. The van der Waals surface area contributed by atoms with Crippen molar-refractivity contribution in [1.29, 1.82) is 5.26 Å². The number of aromatic nitrogens is 2. The Labute approximate surface area is 141 Å². The zero-order valence-electron chi connectivity index (χ0n) is 13.7. The summed E-state index contributed by atoms with van der Waals surface area (Å²) in [4.78, 5) is 15.9. The van der Waals surface area contributed by atoms with Gasteiger partial charge in [-0.25, -0.2) is 4.79 Å². The molecule has 0 aromatic carbocycles. The molecule has 24 heavy (non-hydrogen) atoms. The van der Waals surface area contributed by atoms with Crippen LogP contribution in [-0.4, -0.2) is 81.8 Å². The molecule has 0 saturated carbocycles. The van der Waals surface area contributed by atoms with Crippen molar-refractivity contribution < 1.29 is 15.0 Å². The number of fused-ring (bicyclic) bond motifs is 1. The predicted molar refractivity (Wildman–Crippen MR) is 86.0 cm³/mol. The second kappa shape index (κ2) is 9.22. The minimum absolute atomic E-state index is 0.0541. The van der Waals surface area contributed by atoms with Crippen LogP contribution in [0.15, 0.2) is 6.07 Å². The van der Waals surface area contributed by atoms with Crippen LogP contribution in [0.25, 0.3) is 0 Å². The number of aliphatic hydroxyl groups excluding tert-OH is 2. The Morgan fingerprint density at radius 1 is 1.33 bits per heavy atom. The number of urea groups is 1. The molecule has 1 aromatic heterocycles. The maximum atomic E-state index is 12.2. The molecule has 1 aliphatic heterocycles. The van der Waals surface area contributed by atoms with E-state index in [1.807, 2.05) is 11.0 Å². The zero-order chi connectivity index (χ0) is 17.4. The van der Waals surface area contributed by atoms with Gasteiger partial charge in [-0.3, -0.25) is 9.58 Å². The smallest absolute Gasteiger partial charge is 0.317 e. The van der Waals surface area contributed by atoms with Gasteiger partial charge in [0.2, 0.25) is 0 Å². The number of nitriles is 1. The molecule has 2 rings (SSSR count). The second-order valence-electron chi connectivity index (χ2n) is 5.65. The number of nitrogens with one attached hydrogen (secondary N) is 1. The van der Waals surface area contributed by atoms with Crippen molar-refractivity contribution in [2.24, 2.45) is 0 Å². The van der Waals surface area contributed by atoms with Gasteiger partial charge in [0.05, 0.1) is 32.0 Å². The number of hydrogen-bond acceptors (Lipinski definition) is 6.